The fraction of sp³-hybridized carbons (Fsp3) is 0.909. The van der Waals surface area contributed by atoms with Gasteiger partial charge in [0.15, 0.2) is 0 Å². The standard InChI is InChI=1S/C11H21N3O4S/c12-11(13-15)9-3-5-14(6-4-9)19(16,17)8-10-2-1-7-18-10/h9-10,15H,1-8H2,(H2,12,13). The molecule has 2 saturated heterocycles. The van der Waals surface area contributed by atoms with Gasteiger partial charge in [0, 0.05) is 25.6 Å². The molecule has 0 radical (unpaired) electrons. The zero-order valence-electron chi connectivity index (χ0n) is 10.9. The molecule has 0 amide bonds. The first-order chi connectivity index (χ1) is 9.03. The van der Waals surface area contributed by atoms with E-state index in [0.29, 0.717) is 32.5 Å². The van der Waals surface area contributed by atoms with Crippen LogP contribution < -0.4 is 5.73 Å². The number of hydrogen-bond donors (Lipinski definition) is 2. The number of oxime groups is 1. The molecule has 0 aliphatic carbocycles. The van der Waals surface area contributed by atoms with E-state index in [1.54, 1.807) is 0 Å². The molecule has 110 valence electrons. The van der Waals surface area contributed by atoms with Crippen LogP contribution >= 0.6 is 0 Å². The average molecular weight is 291 g/mol. The van der Waals surface area contributed by atoms with Gasteiger partial charge in [-0.1, -0.05) is 5.16 Å². The summed E-state index contributed by atoms with van der Waals surface area (Å²) in [6, 6.07) is 0. The molecule has 0 aromatic rings. The maximum absolute atomic E-state index is 12.2. The van der Waals surface area contributed by atoms with E-state index in [1.165, 1.54) is 4.31 Å². The lowest BCUT2D eigenvalue weighted by atomic mass is 9.97. The van der Waals surface area contributed by atoms with Gasteiger partial charge in [-0.05, 0) is 25.7 Å². The van der Waals surface area contributed by atoms with E-state index in [9.17, 15) is 8.42 Å². The summed E-state index contributed by atoms with van der Waals surface area (Å²) in [6.07, 6.45) is 2.79. The van der Waals surface area contributed by atoms with Crippen LogP contribution in [0.1, 0.15) is 25.7 Å². The highest BCUT2D eigenvalue weighted by atomic mass is 32.2. The molecule has 1 unspecified atom stereocenters. The highest BCUT2D eigenvalue weighted by Crippen LogP contribution is 2.22. The molecule has 2 aliphatic heterocycles. The average Bonchev–Trinajstić information content (AvgIpc) is 2.90. The van der Waals surface area contributed by atoms with Crippen molar-refractivity contribution in [2.75, 3.05) is 25.4 Å². The molecule has 3 N–H and O–H groups in total. The number of nitrogens with zero attached hydrogens (tertiary/aromatic N) is 2. The number of hydrogen-bond acceptors (Lipinski definition) is 5. The van der Waals surface area contributed by atoms with E-state index < -0.39 is 10.0 Å². The summed E-state index contributed by atoms with van der Waals surface area (Å²) in [5.41, 5.74) is 5.55. The van der Waals surface area contributed by atoms with Crippen LogP contribution in [0.15, 0.2) is 5.16 Å². The lowest BCUT2D eigenvalue weighted by Crippen LogP contribution is -2.44. The molecule has 0 bridgehead atoms. The summed E-state index contributed by atoms with van der Waals surface area (Å²) in [5, 5.41) is 11.6. The molecule has 8 heteroatoms. The Morgan fingerprint density at radius 1 is 1.37 bits per heavy atom. The van der Waals surface area contributed by atoms with Gasteiger partial charge in [-0.25, -0.2) is 12.7 Å². The third-order valence-corrected chi connectivity index (χ3v) is 5.75. The number of rotatable bonds is 4. The minimum absolute atomic E-state index is 0.0285. The van der Waals surface area contributed by atoms with E-state index >= 15 is 0 Å². The molecule has 0 saturated carbocycles. The van der Waals surface area contributed by atoms with Gasteiger partial charge in [-0.3, -0.25) is 0 Å². The first-order valence-corrected chi connectivity index (χ1v) is 8.20. The predicted molar refractivity (Wildman–Crippen MR) is 70.5 cm³/mol. The van der Waals surface area contributed by atoms with Gasteiger partial charge in [0.05, 0.1) is 11.9 Å². The molecular formula is C11H21N3O4S. The maximum Gasteiger partial charge on any atom is 0.216 e. The largest absolute Gasteiger partial charge is 0.409 e. The Bertz CT molecular complexity index is 423. The summed E-state index contributed by atoms with van der Waals surface area (Å²) in [5.74, 6) is 0.233. The molecule has 2 fully saturated rings. The Balaban J connectivity index is 1.89. The Morgan fingerprint density at radius 3 is 2.58 bits per heavy atom. The van der Waals surface area contributed by atoms with Crippen molar-refractivity contribution in [3.8, 4) is 0 Å². The minimum Gasteiger partial charge on any atom is -0.409 e. The normalized spacial score (nSPS) is 27.8. The number of nitrogens with two attached hydrogens (primary N) is 1. The molecule has 1 atom stereocenters. The Hall–Kier alpha value is -0.860. The van der Waals surface area contributed by atoms with Crippen molar-refractivity contribution in [1.82, 2.24) is 4.31 Å². The predicted octanol–water partition coefficient (Wildman–Crippen LogP) is -0.0464. The summed E-state index contributed by atoms with van der Waals surface area (Å²) in [4.78, 5) is 0. The van der Waals surface area contributed by atoms with Gasteiger partial charge in [-0.2, -0.15) is 0 Å². The molecule has 0 aromatic carbocycles. The molecule has 0 spiro atoms. The summed E-state index contributed by atoms with van der Waals surface area (Å²) in [7, 11) is -3.26. The maximum atomic E-state index is 12.2. The summed E-state index contributed by atoms with van der Waals surface area (Å²) < 4.78 is 31.3. The Kier molecular flexibility index (Phi) is 4.64. The quantitative estimate of drug-likeness (QED) is 0.327. The number of piperidine rings is 1. The van der Waals surface area contributed by atoms with Crippen LogP contribution in [0, 0.1) is 5.92 Å². The Morgan fingerprint density at radius 2 is 2.05 bits per heavy atom. The molecule has 2 heterocycles. The third-order valence-electron chi connectivity index (χ3n) is 3.80. The SMILES string of the molecule is NC(=NO)C1CCN(S(=O)(=O)CC2CCCO2)CC1. The molecule has 2 aliphatic rings. The molecular weight excluding hydrogens is 270 g/mol. The topological polar surface area (TPSA) is 105 Å². The van der Waals surface area contributed by atoms with Crippen LogP contribution in [-0.4, -0.2) is 55.3 Å². The number of ether oxygens (including phenoxy) is 1. The molecule has 2 rings (SSSR count). The smallest absolute Gasteiger partial charge is 0.216 e. The van der Waals surface area contributed by atoms with Gasteiger partial charge in [-0.15, -0.1) is 0 Å². The Labute approximate surface area is 113 Å². The zero-order chi connectivity index (χ0) is 13.9. The van der Waals surface area contributed by atoms with Gasteiger partial charge in [0.2, 0.25) is 10.0 Å². The molecule has 7 nitrogen and oxygen atoms in total. The summed E-state index contributed by atoms with van der Waals surface area (Å²) in [6.45, 7) is 1.51. The second kappa shape index (κ2) is 6.06. The zero-order valence-corrected chi connectivity index (χ0v) is 11.7. The van der Waals surface area contributed by atoms with Crippen LogP contribution in [-0.2, 0) is 14.8 Å². The van der Waals surface area contributed by atoms with Crippen LogP contribution in [0.25, 0.3) is 0 Å². The van der Waals surface area contributed by atoms with E-state index in [4.69, 9.17) is 15.7 Å². The van der Waals surface area contributed by atoms with Crippen molar-refractivity contribution in [3.63, 3.8) is 0 Å². The van der Waals surface area contributed by atoms with Crippen molar-refractivity contribution in [2.24, 2.45) is 16.8 Å². The first-order valence-electron chi connectivity index (χ1n) is 6.60. The van der Waals surface area contributed by atoms with E-state index in [-0.39, 0.29) is 23.6 Å². The third kappa shape index (κ3) is 3.58. The first kappa shape index (κ1) is 14.5. The van der Waals surface area contributed by atoms with Crippen LogP contribution in [0.5, 0.6) is 0 Å². The minimum atomic E-state index is -3.26. The van der Waals surface area contributed by atoms with Gasteiger partial charge < -0.3 is 15.7 Å². The van der Waals surface area contributed by atoms with Crippen molar-refractivity contribution in [3.05, 3.63) is 0 Å². The molecule has 0 aromatic heterocycles. The highest BCUT2D eigenvalue weighted by Gasteiger charge is 2.32. The lowest BCUT2D eigenvalue weighted by Gasteiger charge is -2.31. The number of amidine groups is 1. The molecule has 19 heavy (non-hydrogen) atoms. The highest BCUT2D eigenvalue weighted by molar-refractivity contribution is 7.89. The van der Waals surface area contributed by atoms with Crippen LogP contribution in [0.3, 0.4) is 0 Å². The van der Waals surface area contributed by atoms with E-state index in [0.717, 1.165) is 12.8 Å². The number of sulfonamides is 1. The van der Waals surface area contributed by atoms with Crippen LogP contribution in [0.4, 0.5) is 0 Å². The second-order valence-electron chi connectivity index (χ2n) is 5.11. The lowest BCUT2D eigenvalue weighted by molar-refractivity contribution is 0.126. The summed E-state index contributed by atoms with van der Waals surface area (Å²) >= 11 is 0. The van der Waals surface area contributed by atoms with Crippen molar-refractivity contribution < 1.29 is 18.4 Å². The van der Waals surface area contributed by atoms with Gasteiger partial charge >= 0.3 is 0 Å². The van der Waals surface area contributed by atoms with E-state index in [2.05, 4.69) is 5.16 Å². The fourth-order valence-electron chi connectivity index (χ4n) is 2.63. The monoisotopic (exact) mass is 291 g/mol. The van der Waals surface area contributed by atoms with Crippen LogP contribution in [0.2, 0.25) is 0 Å². The van der Waals surface area contributed by atoms with Crippen molar-refractivity contribution >= 4 is 15.9 Å². The van der Waals surface area contributed by atoms with Crippen molar-refractivity contribution in [2.45, 2.75) is 31.8 Å². The van der Waals surface area contributed by atoms with Gasteiger partial charge in [0.1, 0.15) is 5.84 Å². The van der Waals surface area contributed by atoms with Crippen molar-refractivity contribution in [1.29, 1.82) is 0 Å². The second-order valence-corrected chi connectivity index (χ2v) is 7.13. The van der Waals surface area contributed by atoms with E-state index in [1.807, 2.05) is 0 Å². The van der Waals surface area contributed by atoms with Gasteiger partial charge in [0.25, 0.3) is 0 Å². The fourth-order valence-corrected chi connectivity index (χ4v) is 4.34.